The van der Waals surface area contributed by atoms with Crippen molar-refractivity contribution in [2.75, 3.05) is 0 Å². The highest BCUT2D eigenvalue weighted by Crippen LogP contribution is 2.28. The third kappa shape index (κ3) is 3.57. The molecule has 0 spiro atoms. The molecular formula is C17H15ClFN3S. The van der Waals surface area contributed by atoms with Gasteiger partial charge in [0, 0.05) is 16.5 Å². The summed E-state index contributed by atoms with van der Waals surface area (Å²) in [6.07, 6.45) is 0. The van der Waals surface area contributed by atoms with Crippen LogP contribution in [0.1, 0.15) is 17.0 Å². The number of hydrogen-bond donors (Lipinski definition) is 0. The Kier molecular flexibility index (Phi) is 4.68. The van der Waals surface area contributed by atoms with E-state index in [1.807, 2.05) is 23.6 Å². The third-order valence-corrected chi connectivity index (χ3v) is 4.79. The van der Waals surface area contributed by atoms with Crippen molar-refractivity contribution >= 4 is 23.4 Å². The van der Waals surface area contributed by atoms with Gasteiger partial charge in [0.2, 0.25) is 0 Å². The van der Waals surface area contributed by atoms with Gasteiger partial charge in [-0.1, -0.05) is 47.1 Å². The molecule has 1 heterocycles. The lowest BCUT2D eigenvalue weighted by atomic mass is 10.2. The Labute approximate surface area is 143 Å². The molecule has 0 unspecified atom stereocenters. The minimum Gasteiger partial charge on any atom is -0.274 e. The van der Waals surface area contributed by atoms with Crippen molar-refractivity contribution in [3.8, 4) is 5.69 Å². The number of rotatable bonds is 4. The van der Waals surface area contributed by atoms with Gasteiger partial charge in [-0.3, -0.25) is 4.57 Å². The first kappa shape index (κ1) is 16.0. The standard InChI is InChI=1S/C17H15ClFN3S/c1-11-3-7-15(8-4-11)22-12(2)20-21-17(22)23-10-13-5-6-14(19)9-16(13)18/h3-9H,10H2,1-2H3. The number of halogens is 2. The normalized spacial score (nSPS) is 11.0. The summed E-state index contributed by atoms with van der Waals surface area (Å²) in [5, 5.41) is 9.61. The smallest absolute Gasteiger partial charge is 0.196 e. The van der Waals surface area contributed by atoms with E-state index in [-0.39, 0.29) is 5.82 Å². The largest absolute Gasteiger partial charge is 0.274 e. The van der Waals surface area contributed by atoms with Crippen LogP contribution in [0.25, 0.3) is 5.69 Å². The summed E-state index contributed by atoms with van der Waals surface area (Å²) < 4.78 is 15.1. The van der Waals surface area contributed by atoms with Crippen LogP contribution in [0.2, 0.25) is 5.02 Å². The van der Waals surface area contributed by atoms with Crippen molar-refractivity contribution in [2.45, 2.75) is 24.8 Å². The van der Waals surface area contributed by atoms with Gasteiger partial charge in [-0.2, -0.15) is 0 Å². The van der Waals surface area contributed by atoms with E-state index in [1.165, 1.54) is 29.5 Å². The van der Waals surface area contributed by atoms with Crippen molar-refractivity contribution in [3.05, 3.63) is 70.3 Å². The highest BCUT2D eigenvalue weighted by Gasteiger charge is 2.12. The molecule has 0 fully saturated rings. The predicted octanol–water partition coefficient (Wildman–Crippen LogP) is 4.97. The molecule has 0 amide bonds. The molecule has 1 aromatic heterocycles. The molecule has 0 aliphatic heterocycles. The Bertz CT molecular complexity index is 830. The lowest BCUT2D eigenvalue weighted by molar-refractivity contribution is 0.627. The van der Waals surface area contributed by atoms with E-state index in [0.717, 1.165) is 22.2 Å². The molecule has 0 saturated carbocycles. The second-order valence-corrected chi connectivity index (χ2v) is 6.57. The van der Waals surface area contributed by atoms with Gasteiger partial charge in [-0.05, 0) is 43.7 Å². The molecule has 0 radical (unpaired) electrons. The molecule has 0 bridgehead atoms. The first-order valence-corrected chi connectivity index (χ1v) is 8.47. The van der Waals surface area contributed by atoms with Gasteiger partial charge in [-0.25, -0.2) is 4.39 Å². The van der Waals surface area contributed by atoms with Gasteiger partial charge in [0.25, 0.3) is 0 Å². The van der Waals surface area contributed by atoms with E-state index in [2.05, 4.69) is 29.3 Å². The third-order valence-electron chi connectivity index (χ3n) is 3.46. The zero-order chi connectivity index (χ0) is 16.4. The van der Waals surface area contributed by atoms with Crippen molar-refractivity contribution in [1.29, 1.82) is 0 Å². The Hall–Kier alpha value is -1.85. The topological polar surface area (TPSA) is 30.7 Å². The van der Waals surface area contributed by atoms with Gasteiger partial charge in [0.05, 0.1) is 0 Å². The maximum Gasteiger partial charge on any atom is 0.196 e. The SMILES string of the molecule is Cc1ccc(-n2c(C)nnc2SCc2ccc(F)cc2Cl)cc1. The van der Waals surface area contributed by atoms with E-state index in [1.54, 1.807) is 6.07 Å². The number of benzene rings is 2. The molecule has 0 aliphatic carbocycles. The van der Waals surface area contributed by atoms with Crippen LogP contribution in [0, 0.1) is 19.7 Å². The van der Waals surface area contributed by atoms with Crippen LogP contribution in [-0.2, 0) is 5.75 Å². The summed E-state index contributed by atoms with van der Waals surface area (Å²) in [4.78, 5) is 0. The fraction of sp³-hybridized carbons (Fsp3) is 0.176. The van der Waals surface area contributed by atoms with Crippen molar-refractivity contribution < 1.29 is 4.39 Å². The minimum absolute atomic E-state index is 0.331. The van der Waals surface area contributed by atoms with Gasteiger partial charge >= 0.3 is 0 Å². The first-order valence-electron chi connectivity index (χ1n) is 7.10. The fourth-order valence-corrected chi connectivity index (χ4v) is 3.52. The quantitative estimate of drug-likeness (QED) is 0.624. The van der Waals surface area contributed by atoms with Crippen LogP contribution >= 0.6 is 23.4 Å². The maximum atomic E-state index is 13.1. The van der Waals surface area contributed by atoms with E-state index in [4.69, 9.17) is 11.6 Å². The molecule has 0 saturated heterocycles. The number of hydrogen-bond acceptors (Lipinski definition) is 3. The van der Waals surface area contributed by atoms with Crippen molar-refractivity contribution in [2.24, 2.45) is 0 Å². The average molecular weight is 348 g/mol. The van der Waals surface area contributed by atoms with Crippen LogP contribution in [0.3, 0.4) is 0 Å². The number of aryl methyl sites for hydroxylation is 2. The molecule has 0 N–H and O–H groups in total. The fourth-order valence-electron chi connectivity index (χ4n) is 2.21. The minimum atomic E-state index is -0.331. The average Bonchev–Trinajstić information content (AvgIpc) is 2.88. The van der Waals surface area contributed by atoms with Gasteiger partial charge < -0.3 is 0 Å². The molecule has 0 aliphatic rings. The second kappa shape index (κ2) is 6.72. The van der Waals surface area contributed by atoms with E-state index >= 15 is 0 Å². The van der Waals surface area contributed by atoms with Crippen LogP contribution in [0.4, 0.5) is 4.39 Å². The lowest BCUT2D eigenvalue weighted by Gasteiger charge is -2.09. The zero-order valence-corrected chi connectivity index (χ0v) is 14.3. The maximum absolute atomic E-state index is 13.1. The second-order valence-electron chi connectivity index (χ2n) is 5.23. The van der Waals surface area contributed by atoms with Crippen molar-refractivity contribution in [3.63, 3.8) is 0 Å². The molecule has 0 atom stereocenters. The number of thioether (sulfide) groups is 1. The molecule has 2 aromatic carbocycles. The van der Waals surface area contributed by atoms with E-state index < -0.39 is 0 Å². The van der Waals surface area contributed by atoms with Gasteiger partial charge in [-0.15, -0.1) is 10.2 Å². The van der Waals surface area contributed by atoms with E-state index in [0.29, 0.717) is 10.8 Å². The Morgan fingerprint density at radius 2 is 1.83 bits per heavy atom. The summed E-state index contributed by atoms with van der Waals surface area (Å²) in [7, 11) is 0. The molecular weight excluding hydrogens is 333 g/mol. The molecule has 118 valence electrons. The lowest BCUT2D eigenvalue weighted by Crippen LogP contribution is -1.99. The summed E-state index contributed by atoms with van der Waals surface area (Å²) in [5.74, 6) is 1.09. The predicted molar refractivity (Wildman–Crippen MR) is 91.8 cm³/mol. The van der Waals surface area contributed by atoms with Crippen LogP contribution in [-0.4, -0.2) is 14.8 Å². The molecule has 3 rings (SSSR count). The van der Waals surface area contributed by atoms with Gasteiger partial charge in [0.15, 0.2) is 5.16 Å². The highest BCUT2D eigenvalue weighted by atomic mass is 35.5. The summed E-state index contributed by atoms with van der Waals surface area (Å²) >= 11 is 7.60. The highest BCUT2D eigenvalue weighted by molar-refractivity contribution is 7.98. The number of nitrogens with zero attached hydrogens (tertiary/aromatic N) is 3. The monoisotopic (exact) mass is 347 g/mol. The first-order chi connectivity index (χ1) is 11.0. The Morgan fingerprint density at radius 1 is 1.09 bits per heavy atom. The van der Waals surface area contributed by atoms with Gasteiger partial charge in [0.1, 0.15) is 11.6 Å². The Balaban J connectivity index is 1.85. The van der Waals surface area contributed by atoms with Crippen molar-refractivity contribution in [1.82, 2.24) is 14.8 Å². The van der Waals surface area contributed by atoms with Crippen LogP contribution in [0.5, 0.6) is 0 Å². The summed E-state index contributed by atoms with van der Waals surface area (Å²) in [5.41, 5.74) is 3.09. The summed E-state index contributed by atoms with van der Waals surface area (Å²) in [6.45, 7) is 3.97. The molecule has 3 aromatic rings. The summed E-state index contributed by atoms with van der Waals surface area (Å²) in [6, 6.07) is 12.6. The molecule has 23 heavy (non-hydrogen) atoms. The van der Waals surface area contributed by atoms with Crippen LogP contribution < -0.4 is 0 Å². The van der Waals surface area contributed by atoms with E-state index in [9.17, 15) is 4.39 Å². The Morgan fingerprint density at radius 3 is 2.52 bits per heavy atom. The number of aromatic nitrogens is 3. The molecule has 6 heteroatoms. The van der Waals surface area contributed by atoms with Crippen LogP contribution in [0.15, 0.2) is 47.6 Å². The molecule has 3 nitrogen and oxygen atoms in total. The zero-order valence-electron chi connectivity index (χ0n) is 12.8.